The van der Waals surface area contributed by atoms with Gasteiger partial charge in [0.15, 0.2) is 0 Å². The van der Waals surface area contributed by atoms with Gasteiger partial charge in [0.25, 0.3) is 0 Å². The highest BCUT2D eigenvalue weighted by molar-refractivity contribution is 8.00. The number of hydrogen-bond donors (Lipinski definition) is 2. The summed E-state index contributed by atoms with van der Waals surface area (Å²) in [5.41, 5.74) is 4.47. The number of nitrogens with zero attached hydrogens (tertiary/aromatic N) is 3. The first-order valence-corrected chi connectivity index (χ1v) is 13.5. The average molecular weight is 561 g/mol. The largest absolute Gasteiger partial charge is 0.497 e. The Morgan fingerprint density at radius 1 is 0.927 bits per heavy atom. The quantitative estimate of drug-likeness (QED) is 0.202. The number of aromatic carboxylic acids is 1. The van der Waals surface area contributed by atoms with Gasteiger partial charge in [0, 0.05) is 22.2 Å². The summed E-state index contributed by atoms with van der Waals surface area (Å²) in [6.07, 6.45) is 0. The number of methoxy groups -OCH3 is 1. The summed E-state index contributed by atoms with van der Waals surface area (Å²) in [5, 5.41) is 22.7. The van der Waals surface area contributed by atoms with E-state index in [4.69, 9.17) is 4.74 Å². The van der Waals surface area contributed by atoms with Crippen LogP contribution in [0.3, 0.4) is 0 Å². The topological polar surface area (TPSA) is 125 Å². The van der Waals surface area contributed by atoms with Gasteiger partial charge in [-0.2, -0.15) is 5.26 Å². The zero-order valence-corrected chi connectivity index (χ0v) is 23.0. The number of carboxylic acids is 1. The SMILES string of the molecule is COc1cccc(-c2ccc(C#N)c(SC(C)C(=O)Nc3ccc(-c4cc(C(=O)O)c5ccccc5n4)cc3)n2)c1. The van der Waals surface area contributed by atoms with Gasteiger partial charge in [-0.15, -0.1) is 0 Å². The Morgan fingerprint density at radius 3 is 2.44 bits per heavy atom. The first-order chi connectivity index (χ1) is 19.9. The Labute approximate surface area is 240 Å². The molecule has 3 aromatic carbocycles. The van der Waals surface area contributed by atoms with Crippen LogP contribution in [0, 0.1) is 11.3 Å². The van der Waals surface area contributed by atoms with Crippen molar-refractivity contribution in [2.75, 3.05) is 12.4 Å². The van der Waals surface area contributed by atoms with Gasteiger partial charge in [0.05, 0.1) is 40.4 Å². The number of carbonyl (C=O) groups is 2. The van der Waals surface area contributed by atoms with Gasteiger partial charge in [0.2, 0.25) is 5.91 Å². The lowest BCUT2D eigenvalue weighted by Crippen LogP contribution is -2.22. The molecule has 1 amide bonds. The van der Waals surface area contributed by atoms with Crippen molar-refractivity contribution >= 4 is 40.2 Å². The number of nitriles is 1. The second-order valence-corrected chi connectivity index (χ2v) is 10.4. The normalized spacial score (nSPS) is 11.4. The van der Waals surface area contributed by atoms with E-state index in [1.165, 1.54) is 11.8 Å². The fraction of sp³-hybridized carbons (Fsp3) is 0.0938. The van der Waals surface area contributed by atoms with Gasteiger partial charge in [-0.25, -0.2) is 14.8 Å². The van der Waals surface area contributed by atoms with E-state index in [0.29, 0.717) is 44.3 Å². The highest BCUT2D eigenvalue weighted by Gasteiger charge is 2.19. The number of ether oxygens (including phenoxy) is 1. The third-order valence-corrected chi connectivity index (χ3v) is 7.50. The fourth-order valence-electron chi connectivity index (χ4n) is 4.25. The van der Waals surface area contributed by atoms with E-state index >= 15 is 0 Å². The first-order valence-electron chi connectivity index (χ1n) is 12.6. The number of amides is 1. The standard InChI is InChI=1S/C32H24N4O4S/c1-19(41-31-22(18-33)12-15-27(36-31)21-6-5-7-24(16-21)40-2)30(37)34-23-13-10-20(11-14-23)29-17-26(32(38)39)25-8-3-4-9-28(25)35-29/h3-17,19H,1-2H3,(H,34,37)(H,38,39). The van der Waals surface area contributed by atoms with Crippen molar-refractivity contribution in [1.29, 1.82) is 5.26 Å². The molecule has 2 N–H and O–H groups in total. The smallest absolute Gasteiger partial charge is 0.336 e. The van der Waals surface area contributed by atoms with Crippen LogP contribution in [0.15, 0.2) is 96.0 Å². The summed E-state index contributed by atoms with van der Waals surface area (Å²) in [5.74, 6) is -0.583. The molecule has 0 fully saturated rings. The Balaban J connectivity index is 1.32. The van der Waals surface area contributed by atoms with Crippen LogP contribution >= 0.6 is 11.8 Å². The van der Waals surface area contributed by atoms with Gasteiger partial charge >= 0.3 is 5.97 Å². The molecule has 0 radical (unpaired) electrons. The maximum atomic E-state index is 13.0. The summed E-state index contributed by atoms with van der Waals surface area (Å²) in [6, 6.07) is 28.8. The Kier molecular flexibility index (Phi) is 7.94. The minimum Gasteiger partial charge on any atom is -0.497 e. The van der Waals surface area contributed by atoms with Crippen molar-refractivity contribution < 1.29 is 19.4 Å². The maximum absolute atomic E-state index is 13.0. The molecule has 9 heteroatoms. The molecule has 8 nitrogen and oxygen atoms in total. The first kappa shape index (κ1) is 27.4. The Hall–Kier alpha value is -5.20. The lowest BCUT2D eigenvalue weighted by Gasteiger charge is -2.14. The van der Waals surface area contributed by atoms with Crippen LogP contribution in [0.25, 0.3) is 33.4 Å². The molecule has 1 unspecified atom stereocenters. The van der Waals surface area contributed by atoms with Crippen LogP contribution in [0.2, 0.25) is 0 Å². The molecule has 5 aromatic rings. The second-order valence-electron chi connectivity index (χ2n) is 9.10. The van der Waals surface area contributed by atoms with Crippen LogP contribution in [-0.2, 0) is 4.79 Å². The number of rotatable bonds is 8. The molecule has 2 aromatic heterocycles. The van der Waals surface area contributed by atoms with E-state index in [1.807, 2.05) is 30.3 Å². The molecule has 41 heavy (non-hydrogen) atoms. The zero-order valence-electron chi connectivity index (χ0n) is 22.2. The number of fused-ring (bicyclic) bond motifs is 1. The number of para-hydroxylation sites is 1. The lowest BCUT2D eigenvalue weighted by atomic mass is 10.0. The molecule has 0 saturated carbocycles. The van der Waals surface area contributed by atoms with Gasteiger partial charge in [-0.05, 0) is 55.5 Å². The summed E-state index contributed by atoms with van der Waals surface area (Å²) >= 11 is 1.20. The van der Waals surface area contributed by atoms with E-state index in [9.17, 15) is 20.0 Å². The zero-order chi connectivity index (χ0) is 28.9. The highest BCUT2D eigenvalue weighted by Crippen LogP contribution is 2.31. The Morgan fingerprint density at radius 2 is 1.71 bits per heavy atom. The van der Waals surface area contributed by atoms with Gasteiger partial charge in [-0.3, -0.25) is 4.79 Å². The number of carboxylic acid groups (broad SMARTS) is 1. The minimum atomic E-state index is -1.02. The lowest BCUT2D eigenvalue weighted by molar-refractivity contribution is -0.115. The van der Waals surface area contributed by atoms with Crippen molar-refractivity contribution in [1.82, 2.24) is 9.97 Å². The highest BCUT2D eigenvalue weighted by atomic mass is 32.2. The van der Waals surface area contributed by atoms with E-state index < -0.39 is 11.2 Å². The Bertz CT molecular complexity index is 1820. The van der Waals surface area contributed by atoms with Gasteiger partial charge in [0.1, 0.15) is 16.8 Å². The van der Waals surface area contributed by atoms with E-state index in [1.54, 1.807) is 74.7 Å². The molecule has 2 heterocycles. The number of nitrogens with one attached hydrogen (secondary N) is 1. The molecule has 5 rings (SSSR count). The van der Waals surface area contributed by atoms with E-state index in [-0.39, 0.29) is 11.5 Å². The van der Waals surface area contributed by atoms with E-state index in [2.05, 4.69) is 21.4 Å². The molecule has 1 atom stereocenters. The number of carbonyl (C=O) groups excluding carboxylic acids is 1. The molecule has 0 saturated heterocycles. The maximum Gasteiger partial charge on any atom is 0.336 e. The number of pyridine rings is 2. The molecule has 0 spiro atoms. The molecule has 0 aliphatic carbocycles. The van der Waals surface area contributed by atoms with Crippen LogP contribution < -0.4 is 10.1 Å². The summed E-state index contributed by atoms with van der Waals surface area (Å²) in [6.45, 7) is 1.75. The number of benzene rings is 3. The summed E-state index contributed by atoms with van der Waals surface area (Å²) < 4.78 is 5.30. The molecular weight excluding hydrogens is 536 g/mol. The number of aromatic nitrogens is 2. The summed E-state index contributed by atoms with van der Waals surface area (Å²) in [4.78, 5) is 34.1. The van der Waals surface area contributed by atoms with Crippen molar-refractivity contribution in [3.05, 3.63) is 102 Å². The number of anilines is 1. The van der Waals surface area contributed by atoms with Crippen LogP contribution in [-0.4, -0.2) is 39.3 Å². The molecule has 0 aliphatic rings. The van der Waals surface area contributed by atoms with Crippen LogP contribution in [0.1, 0.15) is 22.8 Å². The summed E-state index contributed by atoms with van der Waals surface area (Å²) in [7, 11) is 1.59. The van der Waals surface area contributed by atoms with E-state index in [0.717, 1.165) is 11.1 Å². The van der Waals surface area contributed by atoms with Crippen LogP contribution in [0.5, 0.6) is 5.75 Å². The van der Waals surface area contributed by atoms with Gasteiger partial charge in [-0.1, -0.05) is 54.2 Å². The van der Waals surface area contributed by atoms with Crippen molar-refractivity contribution in [3.8, 4) is 34.3 Å². The third kappa shape index (κ3) is 6.03. The van der Waals surface area contributed by atoms with Crippen LogP contribution in [0.4, 0.5) is 5.69 Å². The molecular formula is C32H24N4O4S. The van der Waals surface area contributed by atoms with Crippen molar-refractivity contribution in [2.24, 2.45) is 0 Å². The second kappa shape index (κ2) is 11.9. The minimum absolute atomic E-state index is 0.176. The fourth-order valence-corrected chi connectivity index (χ4v) is 5.14. The monoisotopic (exact) mass is 560 g/mol. The average Bonchev–Trinajstić information content (AvgIpc) is 3.00. The predicted molar refractivity (Wildman–Crippen MR) is 159 cm³/mol. The number of thioether (sulfide) groups is 1. The number of hydrogen-bond acceptors (Lipinski definition) is 7. The predicted octanol–water partition coefficient (Wildman–Crippen LogP) is 6.66. The third-order valence-electron chi connectivity index (χ3n) is 6.40. The van der Waals surface area contributed by atoms with Crippen molar-refractivity contribution in [2.45, 2.75) is 17.2 Å². The molecule has 0 aliphatic heterocycles. The van der Waals surface area contributed by atoms with Gasteiger partial charge < -0.3 is 15.2 Å². The van der Waals surface area contributed by atoms with Crippen molar-refractivity contribution in [3.63, 3.8) is 0 Å². The molecule has 0 bridgehead atoms. The molecule has 202 valence electrons.